The molecule has 0 atom stereocenters. The summed E-state index contributed by atoms with van der Waals surface area (Å²) in [6.45, 7) is 0. The molecular formula is C21H18O. The van der Waals surface area contributed by atoms with Gasteiger partial charge in [-0.3, -0.25) is 0 Å². The summed E-state index contributed by atoms with van der Waals surface area (Å²) in [7, 11) is 1.75. The van der Waals surface area contributed by atoms with E-state index in [1.54, 1.807) is 7.11 Å². The van der Waals surface area contributed by atoms with Crippen molar-refractivity contribution in [2.75, 3.05) is 7.11 Å². The van der Waals surface area contributed by atoms with Crippen molar-refractivity contribution in [2.45, 2.75) is 12.3 Å². The number of hydrogen-bond acceptors (Lipinski definition) is 1. The maximum absolute atomic E-state index is 5.53. The molecular weight excluding hydrogens is 268 g/mol. The summed E-state index contributed by atoms with van der Waals surface area (Å²) in [5.74, 6) is 1.38. The van der Waals surface area contributed by atoms with Crippen LogP contribution in [0.25, 0.3) is 11.1 Å². The van der Waals surface area contributed by atoms with Crippen LogP contribution in [0.3, 0.4) is 0 Å². The molecule has 4 rings (SSSR count). The Morgan fingerprint density at radius 3 is 1.91 bits per heavy atom. The van der Waals surface area contributed by atoms with E-state index in [-0.39, 0.29) is 0 Å². The van der Waals surface area contributed by atoms with E-state index in [2.05, 4.69) is 60.7 Å². The van der Waals surface area contributed by atoms with Crippen LogP contribution in [0, 0.1) is 0 Å². The molecule has 0 spiro atoms. The van der Waals surface area contributed by atoms with Gasteiger partial charge in [-0.05, 0) is 40.3 Å². The number of ether oxygens (including phenoxy) is 1. The maximum Gasteiger partial charge on any atom is 0.122 e. The molecule has 0 heterocycles. The quantitative estimate of drug-likeness (QED) is 0.654. The number of benzene rings is 3. The molecule has 0 amide bonds. The van der Waals surface area contributed by atoms with Crippen LogP contribution in [0.4, 0.5) is 0 Å². The van der Waals surface area contributed by atoms with Crippen LogP contribution < -0.4 is 4.74 Å². The Balaban J connectivity index is 1.82. The summed E-state index contributed by atoms with van der Waals surface area (Å²) in [6, 6.07) is 25.8. The Morgan fingerprint density at radius 1 is 0.727 bits per heavy atom. The van der Waals surface area contributed by atoms with E-state index in [0.29, 0.717) is 5.92 Å². The molecule has 0 saturated carbocycles. The van der Waals surface area contributed by atoms with E-state index in [0.717, 1.165) is 12.2 Å². The second-order valence-electron chi connectivity index (χ2n) is 5.74. The smallest absolute Gasteiger partial charge is 0.122 e. The highest BCUT2D eigenvalue weighted by atomic mass is 16.5. The lowest BCUT2D eigenvalue weighted by Crippen LogP contribution is -2.03. The first-order chi connectivity index (χ1) is 10.9. The van der Waals surface area contributed by atoms with Crippen LogP contribution >= 0.6 is 0 Å². The molecule has 0 fully saturated rings. The van der Waals surface area contributed by atoms with Gasteiger partial charge >= 0.3 is 0 Å². The van der Waals surface area contributed by atoms with Crippen LogP contribution in [-0.2, 0) is 6.42 Å². The average Bonchev–Trinajstić information content (AvgIpc) is 2.90. The SMILES string of the molecule is COc1ccccc1CC1c2ccccc2-c2ccccc21. The summed E-state index contributed by atoms with van der Waals surface area (Å²) >= 11 is 0. The monoisotopic (exact) mass is 286 g/mol. The molecule has 1 nitrogen and oxygen atoms in total. The predicted octanol–water partition coefficient (Wildman–Crippen LogP) is 5.05. The van der Waals surface area contributed by atoms with Crippen molar-refractivity contribution in [3.8, 4) is 16.9 Å². The van der Waals surface area contributed by atoms with Gasteiger partial charge in [-0.2, -0.15) is 0 Å². The third-order valence-electron chi connectivity index (χ3n) is 4.58. The molecule has 3 aromatic carbocycles. The second-order valence-corrected chi connectivity index (χ2v) is 5.74. The molecule has 1 aliphatic carbocycles. The number of fused-ring (bicyclic) bond motifs is 3. The molecule has 0 unspecified atom stereocenters. The largest absolute Gasteiger partial charge is 0.496 e. The molecule has 0 saturated heterocycles. The van der Waals surface area contributed by atoms with Crippen molar-refractivity contribution in [1.82, 2.24) is 0 Å². The number of hydrogen-bond donors (Lipinski definition) is 0. The molecule has 0 bridgehead atoms. The molecule has 1 heteroatoms. The van der Waals surface area contributed by atoms with Crippen LogP contribution in [0.5, 0.6) is 5.75 Å². The van der Waals surface area contributed by atoms with Crippen molar-refractivity contribution < 1.29 is 4.74 Å². The van der Waals surface area contributed by atoms with E-state index in [1.165, 1.54) is 27.8 Å². The van der Waals surface area contributed by atoms with Gasteiger partial charge in [-0.15, -0.1) is 0 Å². The predicted molar refractivity (Wildman–Crippen MR) is 90.4 cm³/mol. The standard InChI is InChI=1S/C21H18O/c1-22-21-13-7-2-8-15(21)14-20-18-11-5-3-9-16(18)17-10-4-6-12-19(17)20/h2-13,20H,14H2,1H3. The van der Waals surface area contributed by atoms with Gasteiger partial charge < -0.3 is 4.74 Å². The third-order valence-corrected chi connectivity index (χ3v) is 4.58. The first kappa shape index (κ1) is 13.1. The Hall–Kier alpha value is -2.54. The van der Waals surface area contributed by atoms with E-state index in [9.17, 15) is 0 Å². The Bertz CT molecular complexity index is 774. The number of rotatable bonds is 3. The van der Waals surface area contributed by atoms with E-state index < -0.39 is 0 Å². The zero-order valence-corrected chi connectivity index (χ0v) is 12.6. The van der Waals surface area contributed by atoms with Gasteiger partial charge in [-0.1, -0.05) is 66.7 Å². The van der Waals surface area contributed by atoms with Crippen molar-refractivity contribution in [2.24, 2.45) is 0 Å². The zero-order valence-electron chi connectivity index (χ0n) is 12.6. The Labute approximate surface area is 131 Å². The molecule has 0 aliphatic heterocycles. The highest BCUT2D eigenvalue weighted by Crippen LogP contribution is 2.46. The molecule has 0 N–H and O–H groups in total. The van der Waals surface area contributed by atoms with Crippen LogP contribution in [0.1, 0.15) is 22.6 Å². The minimum Gasteiger partial charge on any atom is -0.496 e. The van der Waals surface area contributed by atoms with Crippen molar-refractivity contribution in [1.29, 1.82) is 0 Å². The van der Waals surface area contributed by atoms with Crippen LogP contribution in [0.2, 0.25) is 0 Å². The van der Waals surface area contributed by atoms with E-state index in [4.69, 9.17) is 4.74 Å². The zero-order chi connectivity index (χ0) is 14.9. The lowest BCUT2D eigenvalue weighted by Gasteiger charge is -2.16. The summed E-state index contributed by atoms with van der Waals surface area (Å²) in [6.07, 6.45) is 0.970. The first-order valence-electron chi connectivity index (χ1n) is 7.68. The molecule has 0 radical (unpaired) electrons. The topological polar surface area (TPSA) is 9.23 Å². The fraction of sp³-hybridized carbons (Fsp3) is 0.143. The third kappa shape index (κ3) is 2.01. The summed E-state index contributed by atoms with van der Waals surface area (Å²) in [5.41, 5.74) is 6.86. The lowest BCUT2D eigenvalue weighted by molar-refractivity contribution is 0.409. The van der Waals surface area contributed by atoms with Crippen molar-refractivity contribution >= 4 is 0 Å². The minimum absolute atomic E-state index is 0.406. The molecule has 108 valence electrons. The molecule has 3 aromatic rings. The highest BCUT2D eigenvalue weighted by molar-refractivity contribution is 5.78. The number of para-hydroxylation sites is 1. The van der Waals surface area contributed by atoms with Gasteiger partial charge in [0.25, 0.3) is 0 Å². The van der Waals surface area contributed by atoms with Gasteiger partial charge in [0.2, 0.25) is 0 Å². The van der Waals surface area contributed by atoms with E-state index in [1.807, 2.05) is 12.1 Å². The normalized spacial score (nSPS) is 12.8. The highest BCUT2D eigenvalue weighted by Gasteiger charge is 2.28. The fourth-order valence-electron chi connectivity index (χ4n) is 3.57. The molecule has 1 aliphatic rings. The Kier molecular flexibility index (Phi) is 3.19. The first-order valence-corrected chi connectivity index (χ1v) is 7.68. The van der Waals surface area contributed by atoms with Crippen LogP contribution in [0.15, 0.2) is 72.8 Å². The van der Waals surface area contributed by atoms with Gasteiger partial charge in [0.1, 0.15) is 5.75 Å². The summed E-state index contributed by atoms with van der Waals surface area (Å²) in [5, 5.41) is 0. The van der Waals surface area contributed by atoms with E-state index >= 15 is 0 Å². The summed E-state index contributed by atoms with van der Waals surface area (Å²) < 4.78 is 5.53. The second kappa shape index (κ2) is 5.34. The van der Waals surface area contributed by atoms with Gasteiger partial charge in [0.05, 0.1) is 7.11 Å². The van der Waals surface area contributed by atoms with Gasteiger partial charge in [0, 0.05) is 5.92 Å². The van der Waals surface area contributed by atoms with Gasteiger partial charge in [0.15, 0.2) is 0 Å². The summed E-state index contributed by atoms with van der Waals surface area (Å²) in [4.78, 5) is 0. The molecule has 0 aromatic heterocycles. The van der Waals surface area contributed by atoms with Crippen molar-refractivity contribution in [3.63, 3.8) is 0 Å². The fourth-order valence-corrected chi connectivity index (χ4v) is 3.57. The van der Waals surface area contributed by atoms with Crippen molar-refractivity contribution in [3.05, 3.63) is 89.5 Å². The van der Waals surface area contributed by atoms with Gasteiger partial charge in [-0.25, -0.2) is 0 Å². The molecule has 22 heavy (non-hydrogen) atoms. The Morgan fingerprint density at radius 2 is 1.27 bits per heavy atom. The van der Waals surface area contributed by atoms with Crippen LogP contribution in [-0.4, -0.2) is 7.11 Å². The minimum atomic E-state index is 0.406. The maximum atomic E-state index is 5.53. The number of methoxy groups -OCH3 is 1. The lowest BCUT2D eigenvalue weighted by atomic mass is 9.90. The average molecular weight is 286 g/mol.